The predicted molar refractivity (Wildman–Crippen MR) is 82.4 cm³/mol. The Morgan fingerprint density at radius 3 is 2.30 bits per heavy atom. The molecule has 1 amide bonds. The standard InChI is InChI=1S/C16H21NO6/c1-20-13-7-10(8-14(21-2)15(13)22-3)11(18)9-17-16(19)12-5-4-6-23-12/h7-8,12H,4-6,9H2,1-3H3,(H,17,19). The van der Waals surface area contributed by atoms with Crippen LogP contribution in [0.5, 0.6) is 17.2 Å². The molecule has 0 aliphatic carbocycles. The molecule has 126 valence electrons. The lowest BCUT2D eigenvalue weighted by Crippen LogP contribution is -2.37. The van der Waals surface area contributed by atoms with Crippen LogP contribution in [0.2, 0.25) is 0 Å². The number of rotatable bonds is 7. The molecule has 1 aromatic carbocycles. The van der Waals surface area contributed by atoms with Gasteiger partial charge in [0.25, 0.3) is 0 Å². The van der Waals surface area contributed by atoms with E-state index in [-0.39, 0.29) is 18.2 Å². The van der Waals surface area contributed by atoms with Gasteiger partial charge in [-0.25, -0.2) is 0 Å². The van der Waals surface area contributed by atoms with Crippen LogP contribution in [-0.4, -0.2) is 52.3 Å². The Kier molecular flexibility index (Phi) is 5.81. The first kappa shape index (κ1) is 17.1. The lowest BCUT2D eigenvalue weighted by Gasteiger charge is -2.14. The summed E-state index contributed by atoms with van der Waals surface area (Å²) in [5.74, 6) is 0.676. The first-order valence-corrected chi connectivity index (χ1v) is 7.33. The van der Waals surface area contributed by atoms with Gasteiger partial charge >= 0.3 is 0 Å². The Hall–Kier alpha value is -2.28. The first-order chi connectivity index (χ1) is 11.1. The van der Waals surface area contributed by atoms with Gasteiger partial charge in [-0.15, -0.1) is 0 Å². The summed E-state index contributed by atoms with van der Waals surface area (Å²) in [4.78, 5) is 24.2. The van der Waals surface area contributed by atoms with Crippen LogP contribution in [-0.2, 0) is 9.53 Å². The molecule has 1 aliphatic heterocycles. The Morgan fingerprint density at radius 1 is 1.17 bits per heavy atom. The van der Waals surface area contributed by atoms with Crippen LogP contribution in [0.15, 0.2) is 12.1 Å². The zero-order chi connectivity index (χ0) is 16.8. The van der Waals surface area contributed by atoms with Gasteiger partial charge in [-0.2, -0.15) is 0 Å². The largest absolute Gasteiger partial charge is 0.493 e. The molecule has 0 bridgehead atoms. The van der Waals surface area contributed by atoms with Crippen molar-refractivity contribution in [3.8, 4) is 17.2 Å². The van der Waals surface area contributed by atoms with Gasteiger partial charge in [-0.05, 0) is 25.0 Å². The summed E-state index contributed by atoms with van der Waals surface area (Å²) in [6.45, 7) is 0.468. The van der Waals surface area contributed by atoms with Crippen molar-refractivity contribution in [1.29, 1.82) is 0 Å². The first-order valence-electron chi connectivity index (χ1n) is 7.33. The molecule has 23 heavy (non-hydrogen) atoms. The van der Waals surface area contributed by atoms with Crippen molar-refractivity contribution >= 4 is 11.7 Å². The van der Waals surface area contributed by atoms with Crippen LogP contribution in [0.1, 0.15) is 23.2 Å². The molecule has 2 rings (SSSR count). The number of methoxy groups -OCH3 is 3. The smallest absolute Gasteiger partial charge is 0.249 e. The Morgan fingerprint density at radius 2 is 1.83 bits per heavy atom. The monoisotopic (exact) mass is 323 g/mol. The number of hydrogen-bond donors (Lipinski definition) is 1. The molecule has 1 atom stereocenters. The Balaban J connectivity index is 2.07. The number of hydrogen-bond acceptors (Lipinski definition) is 6. The van der Waals surface area contributed by atoms with E-state index in [1.54, 1.807) is 12.1 Å². The van der Waals surface area contributed by atoms with Crippen molar-refractivity contribution < 1.29 is 28.5 Å². The molecular formula is C16H21NO6. The van der Waals surface area contributed by atoms with E-state index in [1.807, 2.05) is 0 Å². The van der Waals surface area contributed by atoms with E-state index in [4.69, 9.17) is 18.9 Å². The Labute approximate surface area is 134 Å². The summed E-state index contributed by atoms with van der Waals surface area (Å²) in [5, 5.41) is 2.60. The normalized spacial score (nSPS) is 16.7. The molecule has 0 radical (unpaired) electrons. The van der Waals surface area contributed by atoms with Gasteiger partial charge in [-0.1, -0.05) is 0 Å². The van der Waals surface area contributed by atoms with E-state index in [9.17, 15) is 9.59 Å². The Bertz CT molecular complexity index is 555. The number of carbonyl (C=O) groups excluding carboxylic acids is 2. The predicted octanol–water partition coefficient (Wildman–Crippen LogP) is 1.19. The second kappa shape index (κ2) is 7.82. The summed E-state index contributed by atoms with van der Waals surface area (Å²) in [7, 11) is 4.44. The fourth-order valence-corrected chi connectivity index (χ4v) is 2.41. The molecule has 1 aromatic rings. The highest BCUT2D eigenvalue weighted by atomic mass is 16.5. The molecule has 1 fully saturated rings. The molecule has 1 heterocycles. The van der Waals surface area contributed by atoms with Crippen LogP contribution in [0, 0.1) is 0 Å². The van der Waals surface area contributed by atoms with Gasteiger partial charge in [0.05, 0.1) is 27.9 Å². The van der Waals surface area contributed by atoms with Crippen molar-refractivity contribution in [3.63, 3.8) is 0 Å². The quantitative estimate of drug-likeness (QED) is 0.759. The third-order valence-corrected chi connectivity index (χ3v) is 3.63. The third kappa shape index (κ3) is 3.92. The lowest BCUT2D eigenvalue weighted by atomic mass is 10.1. The van der Waals surface area contributed by atoms with Crippen LogP contribution in [0.25, 0.3) is 0 Å². The van der Waals surface area contributed by atoms with Gasteiger partial charge in [0.2, 0.25) is 11.7 Å². The fourth-order valence-electron chi connectivity index (χ4n) is 2.41. The number of carbonyl (C=O) groups is 2. The molecule has 1 unspecified atom stereocenters. The summed E-state index contributed by atoms with van der Waals surface area (Å²) < 4.78 is 20.9. The fraction of sp³-hybridized carbons (Fsp3) is 0.500. The van der Waals surface area contributed by atoms with Crippen molar-refractivity contribution in [2.75, 3.05) is 34.5 Å². The van der Waals surface area contributed by atoms with E-state index in [1.165, 1.54) is 21.3 Å². The number of nitrogens with one attached hydrogen (secondary N) is 1. The maximum Gasteiger partial charge on any atom is 0.249 e. The van der Waals surface area contributed by atoms with Crippen LogP contribution < -0.4 is 19.5 Å². The van der Waals surface area contributed by atoms with E-state index < -0.39 is 6.10 Å². The van der Waals surface area contributed by atoms with E-state index in [0.29, 0.717) is 35.8 Å². The van der Waals surface area contributed by atoms with E-state index in [2.05, 4.69) is 5.32 Å². The molecule has 1 aliphatic rings. The van der Waals surface area contributed by atoms with Crippen LogP contribution >= 0.6 is 0 Å². The highest BCUT2D eigenvalue weighted by Gasteiger charge is 2.24. The number of benzene rings is 1. The summed E-state index contributed by atoms with van der Waals surface area (Å²) >= 11 is 0. The van der Waals surface area contributed by atoms with Crippen molar-refractivity contribution in [2.45, 2.75) is 18.9 Å². The second-order valence-corrected chi connectivity index (χ2v) is 5.06. The highest BCUT2D eigenvalue weighted by molar-refractivity contribution is 6.00. The zero-order valence-electron chi connectivity index (χ0n) is 13.5. The average molecular weight is 323 g/mol. The van der Waals surface area contributed by atoms with Gasteiger partial charge < -0.3 is 24.3 Å². The molecule has 1 N–H and O–H groups in total. The van der Waals surface area contributed by atoms with Gasteiger partial charge in [0.1, 0.15) is 6.10 Å². The SMILES string of the molecule is COc1cc(C(=O)CNC(=O)C2CCCO2)cc(OC)c1OC. The van der Waals surface area contributed by atoms with E-state index in [0.717, 1.165) is 6.42 Å². The van der Waals surface area contributed by atoms with Crippen molar-refractivity contribution in [1.82, 2.24) is 5.32 Å². The van der Waals surface area contributed by atoms with Crippen LogP contribution in [0.3, 0.4) is 0 Å². The van der Waals surface area contributed by atoms with Gasteiger partial charge in [-0.3, -0.25) is 9.59 Å². The maximum absolute atomic E-state index is 12.3. The lowest BCUT2D eigenvalue weighted by molar-refractivity contribution is -0.129. The molecule has 7 heteroatoms. The van der Waals surface area contributed by atoms with Gasteiger partial charge in [0, 0.05) is 12.2 Å². The zero-order valence-corrected chi connectivity index (χ0v) is 13.5. The average Bonchev–Trinajstić information content (AvgIpc) is 3.12. The minimum atomic E-state index is -0.456. The van der Waals surface area contributed by atoms with Crippen molar-refractivity contribution in [2.24, 2.45) is 0 Å². The summed E-state index contributed by atoms with van der Waals surface area (Å²) in [6, 6.07) is 3.11. The van der Waals surface area contributed by atoms with Crippen LogP contribution in [0.4, 0.5) is 0 Å². The summed E-state index contributed by atoms with van der Waals surface area (Å²) in [5.41, 5.74) is 0.368. The second-order valence-electron chi connectivity index (χ2n) is 5.06. The molecule has 0 aromatic heterocycles. The minimum Gasteiger partial charge on any atom is -0.493 e. The summed E-state index contributed by atoms with van der Waals surface area (Å²) in [6.07, 6.45) is 1.09. The maximum atomic E-state index is 12.3. The van der Waals surface area contributed by atoms with E-state index >= 15 is 0 Å². The number of amides is 1. The molecule has 1 saturated heterocycles. The number of ether oxygens (including phenoxy) is 4. The molecule has 0 saturated carbocycles. The number of ketones is 1. The van der Waals surface area contributed by atoms with Gasteiger partial charge in [0.15, 0.2) is 17.3 Å². The molecule has 7 nitrogen and oxygen atoms in total. The minimum absolute atomic E-state index is 0.114. The number of Topliss-reactive ketones (excluding diaryl/α,β-unsaturated/α-hetero) is 1. The highest BCUT2D eigenvalue weighted by Crippen LogP contribution is 2.38. The molecular weight excluding hydrogens is 302 g/mol. The molecule has 0 spiro atoms. The third-order valence-electron chi connectivity index (χ3n) is 3.63. The topological polar surface area (TPSA) is 83.1 Å². The van der Waals surface area contributed by atoms with Crippen molar-refractivity contribution in [3.05, 3.63) is 17.7 Å².